The molecular formula is C21H20N6OS. The number of fused-ring (bicyclic) bond motifs is 2. The molecule has 4 aromatic heterocycles. The predicted octanol–water partition coefficient (Wildman–Crippen LogP) is 4.39. The highest BCUT2D eigenvalue weighted by molar-refractivity contribution is 7.08. The average molecular weight is 404 g/mol. The van der Waals surface area contributed by atoms with Gasteiger partial charge in [-0.05, 0) is 54.6 Å². The molecule has 0 radical (unpaired) electrons. The van der Waals surface area contributed by atoms with Gasteiger partial charge in [0.15, 0.2) is 11.5 Å². The molecule has 0 aliphatic heterocycles. The summed E-state index contributed by atoms with van der Waals surface area (Å²) in [5.74, 6) is 2.47. The second kappa shape index (κ2) is 7.56. The zero-order valence-corrected chi connectivity index (χ0v) is 16.7. The van der Waals surface area contributed by atoms with Crippen molar-refractivity contribution < 1.29 is 4.74 Å². The van der Waals surface area contributed by atoms with Gasteiger partial charge in [-0.15, -0.1) is 15.3 Å². The van der Waals surface area contributed by atoms with E-state index in [1.807, 2.05) is 48.0 Å². The quantitative estimate of drug-likeness (QED) is 0.421. The van der Waals surface area contributed by atoms with Crippen LogP contribution in [-0.4, -0.2) is 37.9 Å². The lowest BCUT2D eigenvalue weighted by Gasteiger charge is -2.08. The number of benzene rings is 1. The van der Waals surface area contributed by atoms with Crippen LogP contribution in [-0.2, 0) is 6.42 Å². The van der Waals surface area contributed by atoms with E-state index in [0.717, 1.165) is 52.5 Å². The van der Waals surface area contributed by atoms with E-state index in [0.29, 0.717) is 6.61 Å². The number of thiophene rings is 1. The van der Waals surface area contributed by atoms with E-state index in [1.165, 1.54) is 5.56 Å². The van der Waals surface area contributed by atoms with Crippen molar-refractivity contribution in [1.29, 1.82) is 0 Å². The zero-order chi connectivity index (χ0) is 19.6. The number of anilines is 1. The van der Waals surface area contributed by atoms with Crippen LogP contribution < -0.4 is 10.1 Å². The van der Waals surface area contributed by atoms with Gasteiger partial charge in [-0.1, -0.05) is 6.07 Å². The van der Waals surface area contributed by atoms with Crippen molar-refractivity contribution in [1.82, 2.24) is 24.8 Å². The summed E-state index contributed by atoms with van der Waals surface area (Å²) >= 11 is 1.63. The summed E-state index contributed by atoms with van der Waals surface area (Å²) in [6.45, 7) is 3.41. The van der Waals surface area contributed by atoms with Gasteiger partial charge in [0.05, 0.1) is 6.61 Å². The molecule has 8 heteroatoms. The molecule has 0 bridgehead atoms. The third-order valence-electron chi connectivity index (χ3n) is 4.79. The van der Waals surface area contributed by atoms with E-state index in [1.54, 1.807) is 15.9 Å². The van der Waals surface area contributed by atoms with Crippen molar-refractivity contribution in [3.05, 3.63) is 58.9 Å². The molecule has 146 valence electrons. The summed E-state index contributed by atoms with van der Waals surface area (Å²) in [7, 11) is 0. The fourth-order valence-electron chi connectivity index (χ4n) is 3.47. The fourth-order valence-corrected chi connectivity index (χ4v) is 4.11. The van der Waals surface area contributed by atoms with Crippen LogP contribution in [0.1, 0.15) is 12.5 Å². The Labute approximate surface area is 171 Å². The lowest BCUT2D eigenvalue weighted by atomic mass is 10.1. The van der Waals surface area contributed by atoms with E-state index in [4.69, 9.17) is 4.74 Å². The maximum Gasteiger partial charge on any atom is 0.186 e. The van der Waals surface area contributed by atoms with Crippen molar-refractivity contribution in [2.45, 2.75) is 13.3 Å². The average Bonchev–Trinajstić information content (AvgIpc) is 3.48. The summed E-state index contributed by atoms with van der Waals surface area (Å²) in [5, 5.41) is 21.8. The summed E-state index contributed by atoms with van der Waals surface area (Å²) in [4.78, 5) is 3.34. The van der Waals surface area contributed by atoms with Crippen molar-refractivity contribution in [3.63, 3.8) is 0 Å². The molecule has 0 aliphatic rings. The van der Waals surface area contributed by atoms with Crippen LogP contribution in [0.2, 0.25) is 0 Å². The molecule has 1 aromatic carbocycles. The summed E-state index contributed by atoms with van der Waals surface area (Å²) in [5.41, 5.74) is 4.07. The number of aromatic amines is 1. The minimum absolute atomic E-state index is 0.650. The third-order valence-corrected chi connectivity index (χ3v) is 5.47. The Bertz CT molecular complexity index is 1260. The number of ether oxygens (including phenoxy) is 1. The molecule has 0 aliphatic carbocycles. The van der Waals surface area contributed by atoms with Crippen LogP contribution in [0.3, 0.4) is 0 Å². The molecule has 5 aromatic rings. The topological polar surface area (TPSA) is 80.1 Å². The lowest BCUT2D eigenvalue weighted by molar-refractivity contribution is 0.344. The van der Waals surface area contributed by atoms with E-state index in [9.17, 15) is 0 Å². The molecule has 4 heterocycles. The third kappa shape index (κ3) is 3.31. The minimum Gasteiger partial charge on any atom is -0.493 e. The molecule has 0 saturated heterocycles. The van der Waals surface area contributed by atoms with Crippen molar-refractivity contribution in [3.8, 4) is 17.1 Å². The first-order valence-corrected chi connectivity index (χ1v) is 10.5. The Balaban J connectivity index is 1.35. The maximum absolute atomic E-state index is 5.80. The lowest BCUT2D eigenvalue weighted by Crippen LogP contribution is -2.08. The number of nitrogens with zero attached hydrogens (tertiary/aromatic N) is 4. The summed E-state index contributed by atoms with van der Waals surface area (Å²) in [6, 6.07) is 12.0. The first-order chi connectivity index (χ1) is 14.3. The van der Waals surface area contributed by atoms with Crippen molar-refractivity contribution in [2.75, 3.05) is 18.5 Å². The number of rotatable bonds is 7. The van der Waals surface area contributed by atoms with Gasteiger partial charge in [0.1, 0.15) is 11.6 Å². The van der Waals surface area contributed by atoms with Gasteiger partial charge in [-0.2, -0.15) is 15.9 Å². The molecule has 5 rings (SSSR count). The largest absolute Gasteiger partial charge is 0.493 e. The minimum atomic E-state index is 0.650. The van der Waals surface area contributed by atoms with Gasteiger partial charge in [-0.3, -0.25) is 0 Å². The first kappa shape index (κ1) is 17.7. The Morgan fingerprint density at radius 1 is 1.17 bits per heavy atom. The molecular weight excluding hydrogens is 384 g/mol. The van der Waals surface area contributed by atoms with Crippen LogP contribution >= 0.6 is 11.3 Å². The predicted molar refractivity (Wildman–Crippen MR) is 116 cm³/mol. The van der Waals surface area contributed by atoms with Gasteiger partial charge in [0, 0.05) is 34.6 Å². The normalized spacial score (nSPS) is 11.3. The number of aromatic nitrogens is 5. The van der Waals surface area contributed by atoms with Gasteiger partial charge < -0.3 is 15.0 Å². The van der Waals surface area contributed by atoms with E-state index < -0.39 is 0 Å². The van der Waals surface area contributed by atoms with E-state index in [-0.39, 0.29) is 0 Å². The molecule has 0 fully saturated rings. The van der Waals surface area contributed by atoms with Crippen LogP contribution in [0.5, 0.6) is 5.75 Å². The number of hydrogen-bond acceptors (Lipinski definition) is 6. The van der Waals surface area contributed by atoms with Crippen LogP contribution in [0.4, 0.5) is 5.82 Å². The monoisotopic (exact) mass is 404 g/mol. The van der Waals surface area contributed by atoms with Crippen LogP contribution in [0.15, 0.2) is 53.4 Å². The van der Waals surface area contributed by atoms with Gasteiger partial charge in [-0.25, -0.2) is 0 Å². The highest BCUT2D eigenvalue weighted by atomic mass is 32.1. The summed E-state index contributed by atoms with van der Waals surface area (Å²) < 4.78 is 7.58. The van der Waals surface area contributed by atoms with Crippen molar-refractivity contribution in [2.24, 2.45) is 0 Å². The number of nitrogens with one attached hydrogen (secondary N) is 2. The molecule has 0 unspecified atom stereocenters. The van der Waals surface area contributed by atoms with Crippen molar-refractivity contribution >= 4 is 33.7 Å². The second-order valence-corrected chi connectivity index (χ2v) is 7.41. The SMILES string of the molecule is CCOc1cccc2[nH]cc(CCNc3ccc4nnc(-c5ccsc5)n4n3)c12. The van der Waals surface area contributed by atoms with Gasteiger partial charge in [0.25, 0.3) is 0 Å². The van der Waals surface area contributed by atoms with E-state index >= 15 is 0 Å². The summed E-state index contributed by atoms with van der Waals surface area (Å²) in [6.07, 6.45) is 2.91. The molecule has 29 heavy (non-hydrogen) atoms. The zero-order valence-electron chi connectivity index (χ0n) is 15.9. The van der Waals surface area contributed by atoms with Gasteiger partial charge >= 0.3 is 0 Å². The van der Waals surface area contributed by atoms with E-state index in [2.05, 4.69) is 37.9 Å². The van der Waals surface area contributed by atoms with Crippen LogP contribution in [0, 0.1) is 0 Å². The Morgan fingerprint density at radius 2 is 2.14 bits per heavy atom. The number of H-pyrrole nitrogens is 1. The maximum atomic E-state index is 5.80. The molecule has 0 atom stereocenters. The molecule has 7 nitrogen and oxygen atoms in total. The smallest absolute Gasteiger partial charge is 0.186 e. The molecule has 0 spiro atoms. The van der Waals surface area contributed by atoms with Crippen LogP contribution in [0.25, 0.3) is 27.9 Å². The highest BCUT2D eigenvalue weighted by Crippen LogP contribution is 2.29. The van der Waals surface area contributed by atoms with Gasteiger partial charge in [0.2, 0.25) is 0 Å². The standard InChI is InChI=1S/C21H20N6OS/c1-2-28-17-5-3-4-16-20(17)14(12-23-16)8-10-22-18-6-7-19-24-25-21(27(19)26-18)15-9-11-29-13-15/h3-7,9,11-13,23H,2,8,10H2,1H3,(H,22,26). The highest BCUT2D eigenvalue weighted by Gasteiger charge is 2.11. The Morgan fingerprint density at radius 3 is 3.00 bits per heavy atom. The Kier molecular flexibility index (Phi) is 4.61. The fraction of sp³-hybridized carbons (Fsp3) is 0.190. The molecule has 2 N–H and O–H groups in total. The molecule has 0 amide bonds. The first-order valence-electron chi connectivity index (χ1n) is 9.54. The second-order valence-electron chi connectivity index (χ2n) is 6.63. The molecule has 0 saturated carbocycles. The number of hydrogen-bond donors (Lipinski definition) is 2. The Hall–Kier alpha value is -3.39.